The fraction of sp³-hybridized carbons (Fsp3) is 0.889. The van der Waals surface area contributed by atoms with Crippen molar-refractivity contribution in [2.24, 2.45) is 22.7 Å². The normalized spacial score (nSPS) is 32.0. The average Bonchev–Trinajstić information content (AvgIpc) is 2.49. The fourth-order valence-electron chi connectivity index (χ4n) is 4.76. The first kappa shape index (κ1) is 15.7. The Hall–Kier alpha value is -0.660. The molecule has 2 saturated carbocycles. The van der Waals surface area contributed by atoms with Gasteiger partial charge in [0.25, 0.3) is 0 Å². The van der Waals surface area contributed by atoms with Crippen LogP contribution in [0.5, 0.6) is 0 Å². The second kappa shape index (κ2) is 5.61. The Bertz CT molecular complexity index is 352. The van der Waals surface area contributed by atoms with Crippen LogP contribution in [-0.2, 0) is 9.59 Å². The molecule has 0 heterocycles. The molecule has 2 heteroatoms. The number of rotatable bonds is 4. The Morgan fingerprint density at radius 2 is 1.15 bits per heavy atom. The minimum absolute atomic E-state index is 0.207. The van der Waals surface area contributed by atoms with E-state index in [0.717, 1.165) is 51.4 Å². The van der Waals surface area contributed by atoms with Crippen LogP contribution in [0.15, 0.2) is 0 Å². The molecule has 114 valence electrons. The van der Waals surface area contributed by atoms with Crippen molar-refractivity contribution in [1.29, 1.82) is 0 Å². The maximum atomic E-state index is 13.1. The summed E-state index contributed by atoms with van der Waals surface area (Å²) in [6, 6.07) is 0. The molecule has 0 spiro atoms. The first-order valence-electron chi connectivity index (χ1n) is 8.59. The van der Waals surface area contributed by atoms with Crippen LogP contribution in [0.2, 0.25) is 0 Å². The van der Waals surface area contributed by atoms with E-state index >= 15 is 0 Å². The standard InChI is InChI=1S/C18H30O2/c1-5-17(6-2)11-9-13-10-12-18(7-3,8-4)16(20)14(13)15(17)19/h13-14H,5-12H2,1-4H3. The van der Waals surface area contributed by atoms with E-state index in [9.17, 15) is 9.59 Å². The highest BCUT2D eigenvalue weighted by molar-refractivity contribution is 6.08. The Morgan fingerprint density at radius 1 is 0.800 bits per heavy atom. The molecule has 0 atom stereocenters. The molecule has 0 aromatic carbocycles. The number of carbonyl (C=O) groups excluding carboxylic acids is 2. The van der Waals surface area contributed by atoms with E-state index in [0.29, 0.717) is 5.92 Å². The number of hydrogen-bond donors (Lipinski definition) is 0. The minimum atomic E-state index is -0.280. The van der Waals surface area contributed by atoms with E-state index in [2.05, 4.69) is 27.7 Å². The molecule has 0 bridgehead atoms. The van der Waals surface area contributed by atoms with Crippen molar-refractivity contribution >= 4 is 11.6 Å². The molecule has 0 unspecified atom stereocenters. The zero-order chi connectivity index (χ0) is 15.0. The summed E-state index contributed by atoms with van der Waals surface area (Å²) < 4.78 is 0. The predicted molar refractivity (Wildman–Crippen MR) is 81.5 cm³/mol. The molecule has 2 nitrogen and oxygen atoms in total. The number of Topliss-reactive ketones (excluding diaryl/α,β-unsaturated/α-hetero) is 2. The van der Waals surface area contributed by atoms with Crippen molar-refractivity contribution in [3.63, 3.8) is 0 Å². The first-order chi connectivity index (χ1) is 9.50. The predicted octanol–water partition coefficient (Wildman–Crippen LogP) is 4.56. The number of fused-ring (bicyclic) bond motifs is 1. The summed E-state index contributed by atoms with van der Waals surface area (Å²) in [6.45, 7) is 8.45. The van der Waals surface area contributed by atoms with Gasteiger partial charge in [0.15, 0.2) is 0 Å². The largest absolute Gasteiger partial charge is 0.298 e. The van der Waals surface area contributed by atoms with Crippen LogP contribution in [-0.4, -0.2) is 11.6 Å². The Labute approximate surface area is 123 Å². The Balaban J connectivity index is 2.35. The monoisotopic (exact) mass is 278 g/mol. The molecule has 0 aromatic heterocycles. The highest BCUT2D eigenvalue weighted by Gasteiger charge is 2.55. The lowest BCUT2D eigenvalue weighted by Gasteiger charge is -2.49. The van der Waals surface area contributed by atoms with Crippen molar-refractivity contribution in [3.8, 4) is 0 Å². The molecule has 2 fully saturated rings. The van der Waals surface area contributed by atoms with Crippen molar-refractivity contribution < 1.29 is 9.59 Å². The van der Waals surface area contributed by atoms with Crippen LogP contribution in [0, 0.1) is 22.7 Å². The zero-order valence-electron chi connectivity index (χ0n) is 13.6. The second-order valence-electron chi connectivity index (χ2n) is 7.02. The van der Waals surface area contributed by atoms with Gasteiger partial charge >= 0.3 is 0 Å². The molecule has 20 heavy (non-hydrogen) atoms. The molecular formula is C18H30O2. The van der Waals surface area contributed by atoms with Crippen LogP contribution < -0.4 is 0 Å². The van der Waals surface area contributed by atoms with E-state index in [4.69, 9.17) is 0 Å². The quantitative estimate of drug-likeness (QED) is 0.707. The fourth-order valence-corrected chi connectivity index (χ4v) is 4.76. The van der Waals surface area contributed by atoms with E-state index < -0.39 is 0 Å². The van der Waals surface area contributed by atoms with Crippen molar-refractivity contribution in [3.05, 3.63) is 0 Å². The molecular weight excluding hydrogens is 248 g/mol. The molecule has 0 saturated heterocycles. The summed E-state index contributed by atoms with van der Waals surface area (Å²) in [4.78, 5) is 26.1. The van der Waals surface area contributed by atoms with Gasteiger partial charge in [-0.1, -0.05) is 27.7 Å². The highest BCUT2D eigenvalue weighted by Crippen LogP contribution is 2.53. The molecule has 0 aromatic rings. The number of hydrogen-bond acceptors (Lipinski definition) is 2. The summed E-state index contributed by atoms with van der Waals surface area (Å²) in [5.41, 5.74) is -0.414. The van der Waals surface area contributed by atoms with Gasteiger partial charge in [0.1, 0.15) is 11.6 Å². The molecule has 0 amide bonds. The van der Waals surface area contributed by atoms with E-state index in [1.54, 1.807) is 0 Å². The van der Waals surface area contributed by atoms with Gasteiger partial charge < -0.3 is 0 Å². The molecule has 0 aliphatic heterocycles. The maximum absolute atomic E-state index is 13.1. The van der Waals surface area contributed by atoms with Gasteiger partial charge in [-0.15, -0.1) is 0 Å². The number of ketones is 2. The third-order valence-electron chi connectivity index (χ3n) is 6.78. The molecule has 2 aliphatic carbocycles. The van der Waals surface area contributed by atoms with Gasteiger partial charge in [-0.05, 0) is 57.3 Å². The van der Waals surface area contributed by atoms with Crippen molar-refractivity contribution in [2.75, 3.05) is 0 Å². The Kier molecular flexibility index (Phi) is 4.41. The first-order valence-corrected chi connectivity index (χ1v) is 8.59. The van der Waals surface area contributed by atoms with Crippen LogP contribution in [0.25, 0.3) is 0 Å². The van der Waals surface area contributed by atoms with E-state index in [1.165, 1.54) is 0 Å². The third kappa shape index (κ3) is 2.07. The van der Waals surface area contributed by atoms with Crippen LogP contribution in [0.3, 0.4) is 0 Å². The number of carbonyl (C=O) groups is 2. The molecule has 0 radical (unpaired) electrons. The van der Waals surface area contributed by atoms with Gasteiger partial charge in [0.2, 0.25) is 0 Å². The van der Waals surface area contributed by atoms with E-state index in [-0.39, 0.29) is 28.3 Å². The van der Waals surface area contributed by atoms with Gasteiger partial charge in [0, 0.05) is 10.8 Å². The summed E-state index contributed by atoms with van der Waals surface area (Å²) >= 11 is 0. The second-order valence-corrected chi connectivity index (χ2v) is 7.02. The zero-order valence-corrected chi connectivity index (χ0v) is 13.6. The smallest absolute Gasteiger partial charge is 0.149 e. The third-order valence-corrected chi connectivity index (χ3v) is 6.78. The van der Waals surface area contributed by atoms with Crippen LogP contribution >= 0.6 is 0 Å². The lowest BCUT2D eigenvalue weighted by Crippen LogP contribution is -2.53. The Morgan fingerprint density at radius 3 is 1.45 bits per heavy atom. The van der Waals surface area contributed by atoms with Crippen LogP contribution in [0.1, 0.15) is 79.1 Å². The summed E-state index contributed by atoms with van der Waals surface area (Å²) in [7, 11) is 0. The van der Waals surface area contributed by atoms with E-state index in [1.807, 2.05) is 0 Å². The summed E-state index contributed by atoms with van der Waals surface area (Å²) in [5, 5.41) is 0. The van der Waals surface area contributed by atoms with Gasteiger partial charge in [-0.25, -0.2) is 0 Å². The summed E-state index contributed by atoms with van der Waals surface area (Å²) in [6.07, 6.45) is 7.72. The minimum Gasteiger partial charge on any atom is -0.298 e. The summed E-state index contributed by atoms with van der Waals surface area (Å²) in [5.74, 6) is 0.634. The van der Waals surface area contributed by atoms with Gasteiger partial charge in [-0.2, -0.15) is 0 Å². The van der Waals surface area contributed by atoms with Crippen LogP contribution in [0.4, 0.5) is 0 Å². The van der Waals surface area contributed by atoms with Crippen molar-refractivity contribution in [1.82, 2.24) is 0 Å². The molecule has 2 rings (SSSR count). The SMILES string of the molecule is CCC1(CC)CCC2CCC(CC)(CC)C(=O)C2C1=O. The highest BCUT2D eigenvalue weighted by atomic mass is 16.2. The lowest BCUT2D eigenvalue weighted by atomic mass is 9.53. The molecule has 2 aliphatic rings. The van der Waals surface area contributed by atoms with Gasteiger partial charge in [-0.3, -0.25) is 9.59 Å². The topological polar surface area (TPSA) is 34.1 Å². The average molecular weight is 278 g/mol. The van der Waals surface area contributed by atoms with Crippen molar-refractivity contribution in [2.45, 2.75) is 79.1 Å². The lowest BCUT2D eigenvalue weighted by molar-refractivity contribution is -0.155. The maximum Gasteiger partial charge on any atom is 0.149 e. The van der Waals surface area contributed by atoms with Gasteiger partial charge in [0.05, 0.1) is 5.92 Å². The molecule has 0 N–H and O–H groups in total.